The average Bonchev–Trinajstić information content (AvgIpc) is 2.74. The van der Waals surface area contributed by atoms with Crippen molar-refractivity contribution in [1.82, 2.24) is 14.9 Å². The number of methoxy groups -OCH3 is 1. The Balaban J connectivity index is 1.50. The number of piperidine rings is 1. The highest BCUT2D eigenvalue weighted by Gasteiger charge is 2.41. The second-order valence-electron chi connectivity index (χ2n) is 6.95. The number of nitrogens with zero attached hydrogens (tertiary/aromatic N) is 3. The Kier molecular flexibility index (Phi) is 4.70. The molecule has 1 N–H and O–H groups in total. The molecule has 0 bridgehead atoms. The van der Waals surface area contributed by atoms with Gasteiger partial charge in [-0.1, -0.05) is 6.07 Å². The van der Waals surface area contributed by atoms with Crippen molar-refractivity contribution in [2.24, 2.45) is 0 Å². The first-order valence-electron chi connectivity index (χ1n) is 9.26. The molecule has 4 rings (SSSR count). The average molecular weight is 368 g/mol. The zero-order chi connectivity index (χ0) is 18.9. The van der Waals surface area contributed by atoms with E-state index in [1.807, 2.05) is 11.0 Å². The predicted molar refractivity (Wildman–Crippen MR) is 101 cm³/mol. The van der Waals surface area contributed by atoms with E-state index in [4.69, 9.17) is 9.47 Å². The number of nitrogens with one attached hydrogen (secondary N) is 1. The van der Waals surface area contributed by atoms with Crippen molar-refractivity contribution in [3.63, 3.8) is 0 Å². The fraction of sp³-hybridized carbons (Fsp3) is 0.450. The Morgan fingerprint density at radius 1 is 1.26 bits per heavy atom. The van der Waals surface area contributed by atoms with Gasteiger partial charge in [0.05, 0.1) is 24.9 Å². The van der Waals surface area contributed by atoms with Gasteiger partial charge in [-0.3, -0.25) is 4.79 Å². The van der Waals surface area contributed by atoms with E-state index in [1.165, 1.54) is 11.1 Å². The third-order valence-corrected chi connectivity index (χ3v) is 5.53. The van der Waals surface area contributed by atoms with E-state index in [9.17, 15) is 4.79 Å². The van der Waals surface area contributed by atoms with Crippen LogP contribution in [0.1, 0.15) is 34.3 Å². The van der Waals surface area contributed by atoms with Crippen LogP contribution < -0.4 is 10.1 Å². The van der Waals surface area contributed by atoms with Gasteiger partial charge in [0.2, 0.25) is 5.95 Å². The lowest BCUT2D eigenvalue weighted by atomic mass is 9.79. The van der Waals surface area contributed by atoms with Gasteiger partial charge in [-0.2, -0.15) is 0 Å². The zero-order valence-corrected chi connectivity index (χ0v) is 15.7. The summed E-state index contributed by atoms with van der Waals surface area (Å²) in [5.74, 6) is 1.36. The monoisotopic (exact) mass is 368 g/mol. The van der Waals surface area contributed by atoms with E-state index >= 15 is 0 Å². The Hall–Kier alpha value is -2.67. The fourth-order valence-electron chi connectivity index (χ4n) is 4.02. The van der Waals surface area contributed by atoms with Crippen LogP contribution >= 0.6 is 0 Å². The van der Waals surface area contributed by atoms with Gasteiger partial charge in [-0.15, -0.1) is 0 Å². The van der Waals surface area contributed by atoms with Gasteiger partial charge >= 0.3 is 0 Å². The number of ether oxygens (including phenoxy) is 2. The number of likely N-dealkylation sites (tertiary alicyclic amines) is 1. The van der Waals surface area contributed by atoms with Gasteiger partial charge < -0.3 is 19.7 Å². The Bertz CT molecular complexity index is 830. The molecule has 0 radical (unpaired) electrons. The van der Waals surface area contributed by atoms with Crippen molar-refractivity contribution in [3.8, 4) is 5.75 Å². The molecule has 1 aromatic carbocycles. The van der Waals surface area contributed by atoms with Gasteiger partial charge in [0.25, 0.3) is 5.91 Å². The number of fused-ring (bicyclic) bond motifs is 2. The zero-order valence-electron chi connectivity index (χ0n) is 15.7. The molecule has 0 aliphatic carbocycles. The molecule has 0 unspecified atom stereocenters. The quantitative estimate of drug-likeness (QED) is 0.895. The first-order chi connectivity index (χ1) is 13.1. The SMILES string of the molecule is CNc1ncc(C(=O)N2CCC3(CC2)OCCc2cc(OC)ccc23)cn1. The van der Waals surface area contributed by atoms with Crippen molar-refractivity contribution < 1.29 is 14.3 Å². The molecule has 1 fully saturated rings. The highest BCUT2D eigenvalue weighted by Crippen LogP contribution is 2.42. The first kappa shape index (κ1) is 17.7. The Morgan fingerprint density at radius 3 is 2.67 bits per heavy atom. The molecule has 7 nitrogen and oxygen atoms in total. The molecule has 27 heavy (non-hydrogen) atoms. The van der Waals surface area contributed by atoms with Crippen LogP contribution in [0.4, 0.5) is 5.95 Å². The summed E-state index contributed by atoms with van der Waals surface area (Å²) in [5, 5.41) is 2.86. The van der Waals surface area contributed by atoms with Crippen molar-refractivity contribution in [1.29, 1.82) is 0 Å². The summed E-state index contributed by atoms with van der Waals surface area (Å²) in [6.45, 7) is 2.00. The number of hydrogen-bond donors (Lipinski definition) is 1. The number of aromatic nitrogens is 2. The Morgan fingerprint density at radius 2 is 2.00 bits per heavy atom. The summed E-state index contributed by atoms with van der Waals surface area (Å²) in [4.78, 5) is 22.9. The summed E-state index contributed by atoms with van der Waals surface area (Å²) in [6, 6.07) is 6.22. The van der Waals surface area contributed by atoms with Crippen LogP contribution in [0.25, 0.3) is 0 Å². The molecule has 2 aliphatic heterocycles. The number of amides is 1. The largest absolute Gasteiger partial charge is 0.497 e. The standard InChI is InChI=1S/C20H24N4O3/c1-21-19-22-12-15(13-23-19)18(25)24-8-6-20(7-9-24)17-4-3-16(26-2)11-14(17)5-10-27-20/h3-4,11-13H,5-10H2,1-2H3,(H,21,22,23). The molecule has 0 atom stereocenters. The molecule has 0 saturated carbocycles. The second kappa shape index (κ2) is 7.15. The number of carbonyl (C=O) groups is 1. The number of carbonyl (C=O) groups excluding carboxylic acids is 1. The molecule has 3 heterocycles. The summed E-state index contributed by atoms with van der Waals surface area (Å²) in [6.07, 6.45) is 5.61. The van der Waals surface area contributed by atoms with Gasteiger partial charge in [0, 0.05) is 32.5 Å². The molecule has 142 valence electrons. The minimum atomic E-state index is -0.302. The van der Waals surface area contributed by atoms with Gasteiger partial charge in [-0.25, -0.2) is 9.97 Å². The van der Waals surface area contributed by atoms with Crippen molar-refractivity contribution in [2.45, 2.75) is 24.9 Å². The molecular weight excluding hydrogens is 344 g/mol. The van der Waals surface area contributed by atoms with E-state index in [0.717, 1.165) is 25.0 Å². The number of rotatable bonds is 3. The third-order valence-electron chi connectivity index (χ3n) is 5.53. The van der Waals surface area contributed by atoms with Crippen molar-refractivity contribution in [3.05, 3.63) is 47.3 Å². The highest BCUT2D eigenvalue weighted by molar-refractivity contribution is 5.93. The summed E-state index contributed by atoms with van der Waals surface area (Å²) in [7, 11) is 3.44. The van der Waals surface area contributed by atoms with Gasteiger partial charge in [-0.05, 0) is 42.5 Å². The first-order valence-corrected chi connectivity index (χ1v) is 9.26. The molecule has 1 amide bonds. The molecule has 2 aliphatic rings. The Labute approximate surface area is 158 Å². The maximum Gasteiger partial charge on any atom is 0.256 e. The van der Waals surface area contributed by atoms with Gasteiger partial charge in [0.15, 0.2) is 0 Å². The van der Waals surface area contributed by atoms with Crippen LogP contribution in [0, 0.1) is 0 Å². The second-order valence-corrected chi connectivity index (χ2v) is 6.95. The van der Waals surface area contributed by atoms with E-state index in [1.54, 1.807) is 26.6 Å². The maximum atomic E-state index is 12.8. The summed E-state index contributed by atoms with van der Waals surface area (Å²) >= 11 is 0. The predicted octanol–water partition coefficient (Wildman–Crippen LogP) is 2.23. The van der Waals surface area contributed by atoms with Crippen LogP contribution in [-0.4, -0.2) is 54.6 Å². The fourth-order valence-corrected chi connectivity index (χ4v) is 4.02. The third kappa shape index (κ3) is 3.23. The van der Waals surface area contributed by atoms with E-state index < -0.39 is 0 Å². The lowest BCUT2D eigenvalue weighted by Gasteiger charge is -2.45. The van der Waals surface area contributed by atoms with E-state index in [-0.39, 0.29) is 11.5 Å². The van der Waals surface area contributed by atoms with Crippen LogP contribution in [-0.2, 0) is 16.8 Å². The minimum absolute atomic E-state index is 0.0294. The highest BCUT2D eigenvalue weighted by atomic mass is 16.5. The smallest absolute Gasteiger partial charge is 0.256 e. The molecule has 1 spiro atoms. The molecule has 1 saturated heterocycles. The molecular formula is C20H24N4O3. The molecule has 2 aromatic rings. The summed E-state index contributed by atoms with van der Waals surface area (Å²) < 4.78 is 11.6. The maximum absolute atomic E-state index is 12.8. The van der Waals surface area contributed by atoms with E-state index in [0.29, 0.717) is 31.2 Å². The number of benzene rings is 1. The summed E-state index contributed by atoms with van der Waals surface area (Å²) in [5.41, 5.74) is 2.74. The van der Waals surface area contributed by atoms with Crippen LogP contribution in [0.15, 0.2) is 30.6 Å². The normalized spacial score (nSPS) is 18.1. The van der Waals surface area contributed by atoms with E-state index in [2.05, 4.69) is 27.4 Å². The van der Waals surface area contributed by atoms with Crippen LogP contribution in [0.3, 0.4) is 0 Å². The minimum Gasteiger partial charge on any atom is -0.497 e. The van der Waals surface area contributed by atoms with Crippen molar-refractivity contribution in [2.75, 3.05) is 39.2 Å². The lowest BCUT2D eigenvalue weighted by Crippen LogP contribution is -2.48. The molecule has 7 heteroatoms. The topological polar surface area (TPSA) is 76.6 Å². The van der Waals surface area contributed by atoms with Gasteiger partial charge in [0.1, 0.15) is 5.75 Å². The number of hydrogen-bond acceptors (Lipinski definition) is 6. The molecule has 1 aromatic heterocycles. The van der Waals surface area contributed by atoms with Crippen molar-refractivity contribution >= 4 is 11.9 Å². The lowest BCUT2D eigenvalue weighted by molar-refractivity contribution is -0.0935. The number of anilines is 1. The van der Waals surface area contributed by atoms with Crippen LogP contribution in [0.2, 0.25) is 0 Å². The van der Waals surface area contributed by atoms with Crippen LogP contribution in [0.5, 0.6) is 5.75 Å².